The molecule has 5 nitrogen and oxygen atoms in total. The molecule has 0 bridgehead atoms. The van der Waals surface area contributed by atoms with E-state index in [1.165, 1.54) is 31.4 Å². The molecule has 1 aromatic carbocycles. The molecule has 0 N–H and O–H groups in total. The van der Waals surface area contributed by atoms with E-state index < -0.39 is 17.7 Å². The topological polar surface area (TPSA) is 61.6 Å². The van der Waals surface area contributed by atoms with Crippen molar-refractivity contribution in [1.29, 1.82) is 0 Å². The van der Waals surface area contributed by atoms with Crippen LogP contribution in [0.25, 0.3) is 6.08 Å². The fourth-order valence-corrected chi connectivity index (χ4v) is 1.21. The number of rotatable bonds is 5. The SMILES string of the molecule is COc1cc(C=C[N+](=O)[O-])ccc1OCC(F)(F)F. The van der Waals surface area contributed by atoms with Crippen molar-refractivity contribution in [3.05, 3.63) is 40.1 Å². The fourth-order valence-electron chi connectivity index (χ4n) is 1.21. The smallest absolute Gasteiger partial charge is 0.422 e. The van der Waals surface area contributed by atoms with Crippen molar-refractivity contribution >= 4 is 6.08 Å². The molecular formula is C11H10F3NO4. The molecule has 0 aromatic heterocycles. The van der Waals surface area contributed by atoms with Crippen LogP contribution in [0.2, 0.25) is 0 Å². The highest BCUT2D eigenvalue weighted by molar-refractivity contribution is 5.55. The van der Waals surface area contributed by atoms with Gasteiger partial charge in [-0.1, -0.05) is 6.07 Å². The minimum Gasteiger partial charge on any atom is -0.493 e. The molecule has 0 atom stereocenters. The van der Waals surface area contributed by atoms with E-state index in [-0.39, 0.29) is 11.5 Å². The number of nitro groups is 1. The lowest BCUT2D eigenvalue weighted by molar-refractivity contribution is -0.400. The maximum Gasteiger partial charge on any atom is 0.422 e. The van der Waals surface area contributed by atoms with Crippen LogP contribution in [0.5, 0.6) is 11.5 Å². The molecule has 0 saturated carbocycles. The Morgan fingerprint density at radius 2 is 2.05 bits per heavy atom. The molecule has 0 radical (unpaired) electrons. The monoisotopic (exact) mass is 277 g/mol. The lowest BCUT2D eigenvalue weighted by Crippen LogP contribution is -2.19. The van der Waals surface area contributed by atoms with Gasteiger partial charge in [0.15, 0.2) is 18.1 Å². The van der Waals surface area contributed by atoms with E-state index in [0.717, 1.165) is 0 Å². The summed E-state index contributed by atoms with van der Waals surface area (Å²) in [5.74, 6) is -0.0205. The molecule has 0 aliphatic carbocycles. The summed E-state index contributed by atoms with van der Waals surface area (Å²) in [5, 5.41) is 10.1. The zero-order chi connectivity index (χ0) is 14.5. The van der Waals surface area contributed by atoms with Crippen LogP contribution in [0.3, 0.4) is 0 Å². The van der Waals surface area contributed by atoms with E-state index in [1.807, 2.05) is 0 Å². The van der Waals surface area contributed by atoms with Crippen LogP contribution in [0, 0.1) is 10.1 Å². The van der Waals surface area contributed by atoms with E-state index >= 15 is 0 Å². The van der Waals surface area contributed by atoms with Crippen LogP contribution in [0.15, 0.2) is 24.4 Å². The molecule has 19 heavy (non-hydrogen) atoms. The van der Waals surface area contributed by atoms with Crippen molar-refractivity contribution in [2.24, 2.45) is 0 Å². The molecule has 0 amide bonds. The molecule has 0 aliphatic heterocycles. The third kappa shape index (κ3) is 5.28. The van der Waals surface area contributed by atoms with E-state index in [0.29, 0.717) is 11.8 Å². The summed E-state index contributed by atoms with van der Waals surface area (Å²) in [6.45, 7) is -1.44. The van der Waals surface area contributed by atoms with Gasteiger partial charge >= 0.3 is 6.18 Å². The first kappa shape index (κ1) is 14.8. The van der Waals surface area contributed by atoms with Gasteiger partial charge in [-0.05, 0) is 17.7 Å². The Bertz CT molecular complexity index is 485. The molecule has 1 rings (SSSR count). The first-order chi connectivity index (χ1) is 8.81. The van der Waals surface area contributed by atoms with Crippen molar-refractivity contribution in [1.82, 2.24) is 0 Å². The van der Waals surface area contributed by atoms with Crippen molar-refractivity contribution in [3.8, 4) is 11.5 Å². The van der Waals surface area contributed by atoms with Crippen LogP contribution in [-0.2, 0) is 0 Å². The summed E-state index contributed by atoms with van der Waals surface area (Å²) >= 11 is 0. The molecule has 1 aromatic rings. The lowest BCUT2D eigenvalue weighted by Gasteiger charge is -2.12. The summed E-state index contributed by atoms with van der Waals surface area (Å²) in [7, 11) is 1.26. The standard InChI is InChI=1S/C11H10F3NO4/c1-18-10-6-8(4-5-15(16)17)2-3-9(10)19-7-11(12,13)14/h2-6H,7H2,1H3. The second-order valence-corrected chi connectivity index (χ2v) is 3.42. The molecule has 0 aliphatic rings. The normalized spacial score (nSPS) is 11.6. The average Bonchev–Trinajstić information content (AvgIpc) is 2.33. The summed E-state index contributed by atoms with van der Waals surface area (Å²) in [5.41, 5.74) is 0.410. The van der Waals surface area contributed by atoms with E-state index in [1.54, 1.807) is 0 Å². The van der Waals surface area contributed by atoms with E-state index in [2.05, 4.69) is 4.74 Å². The summed E-state index contributed by atoms with van der Waals surface area (Å²) in [6.07, 6.45) is -2.55. The molecule has 0 fully saturated rings. The van der Waals surface area contributed by atoms with Gasteiger partial charge in [0, 0.05) is 6.08 Å². The Hall–Kier alpha value is -2.25. The largest absolute Gasteiger partial charge is 0.493 e. The minimum absolute atomic E-state index is 0.0646. The van der Waals surface area contributed by atoms with Gasteiger partial charge in [-0.15, -0.1) is 0 Å². The lowest BCUT2D eigenvalue weighted by atomic mass is 10.2. The fraction of sp³-hybridized carbons (Fsp3) is 0.273. The summed E-state index contributed by atoms with van der Waals surface area (Å²) < 4.78 is 45.5. The zero-order valence-electron chi connectivity index (χ0n) is 9.81. The Kier molecular flexibility index (Phi) is 4.74. The number of alkyl halides is 3. The first-order valence-electron chi connectivity index (χ1n) is 5.01. The van der Waals surface area contributed by atoms with Gasteiger partial charge in [0.05, 0.1) is 12.0 Å². The Labute approximate surface area is 106 Å². The molecule has 104 valence electrons. The number of methoxy groups -OCH3 is 1. The highest BCUT2D eigenvalue weighted by atomic mass is 19.4. The number of benzene rings is 1. The number of hydrogen-bond donors (Lipinski definition) is 0. The van der Waals surface area contributed by atoms with Crippen molar-refractivity contribution in [3.63, 3.8) is 0 Å². The maximum absolute atomic E-state index is 12.0. The quantitative estimate of drug-likeness (QED) is 0.613. The Morgan fingerprint density at radius 3 is 2.58 bits per heavy atom. The van der Waals surface area contributed by atoms with Gasteiger partial charge in [-0.25, -0.2) is 0 Å². The van der Waals surface area contributed by atoms with Gasteiger partial charge in [-0.2, -0.15) is 13.2 Å². The molecular weight excluding hydrogens is 267 g/mol. The van der Waals surface area contributed by atoms with E-state index in [9.17, 15) is 23.3 Å². The number of hydrogen-bond acceptors (Lipinski definition) is 4. The minimum atomic E-state index is -4.45. The Morgan fingerprint density at radius 1 is 1.37 bits per heavy atom. The van der Waals surface area contributed by atoms with Crippen molar-refractivity contribution < 1.29 is 27.6 Å². The molecule has 8 heteroatoms. The average molecular weight is 277 g/mol. The van der Waals surface area contributed by atoms with Gasteiger partial charge < -0.3 is 9.47 Å². The van der Waals surface area contributed by atoms with Gasteiger partial charge in [0.25, 0.3) is 0 Å². The van der Waals surface area contributed by atoms with Gasteiger partial charge in [0.1, 0.15) is 0 Å². The molecule has 0 unspecified atom stereocenters. The summed E-state index contributed by atoms with van der Waals surface area (Å²) in [6, 6.07) is 3.98. The number of ether oxygens (including phenoxy) is 2. The molecule has 0 saturated heterocycles. The third-order valence-corrected chi connectivity index (χ3v) is 1.97. The zero-order valence-corrected chi connectivity index (χ0v) is 9.81. The second kappa shape index (κ2) is 6.07. The second-order valence-electron chi connectivity index (χ2n) is 3.42. The van der Waals surface area contributed by atoms with Crippen LogP contribution in [0.4, 0.5) is 13.2 Å². The highest BCUT2D eigenvalue weighted by Gasteiger charge is 2.28. The first-order valence-corrected chi connectivity index (χ1v) is 5.01. The van der Waals surface area contributed by atoms with Crippen LogP contribution < -0.4 is 9.47 Å². The predicted octanol–water partition coefficient (Wildman–Crippen LogP) is 2.88. The molecule has 0 spiro atoms. The van der Waals surface area contributed by atoms with Crippen molar-refractivity contribution in [2.45, 2.75) is 6.18 Å². The number of nitrogens with zero attached hydrogens (tertiary/aromatic N) is 1. The highest BCUT2D eigenvalue weighted by Crippen LogP contribution is 2.30. The van der Waals surface area contributed by atoms with Crippen LogP contribution in [0.1, 0.15) is 5.56 Å². The van der Waals surface area contributed by atoms with E-state index in [4.69, 9.17) is 4.74 Å². The molecule has 0 heterocycles. The summed E-state index contributed by atoms with van der Waals surface area (Å²) in [4.78, 5) is 9.49. The third-order valence-electron chi connectivity index (χ3n) is 1.97. The van der Waals surface area contributed by atoms with Crippen LogP contribution in [-0.4, -0.2) is 24.8 Å². The maximum atomic E-state index is 12.0. The van der Waals surface area contributed by atoms with Crippen molar-refractivity contribution in [2.75, 3.05) is 13.7 Å². The Balaban J connectivity index is 2.87. The predicted molar refractivity (Wildman–Crippen MR) is 60.6 cm³/mol. The van der Waals surface area contributed by atoms with Crippen LogP contribution >= 0.6 is 0 Å². The van der Waals surface area contributed by atoms with Gasteiger partial charge in [-0.3, -0.25) is 10.1 Å². The van der Waals surface area contributed by atoms with Gasteiger partial charge in [0.2, 0.25) is 6.20 Å². The number of halogens is 3.